The number of rotatable bonds is 4. The van der Waals surface area contributed by atoms with Gasteiger partial charge in [-0.25, -0.2) is 8.42 Å². The monoisotopic (exact) mass is 364 g/mol. The molecule has 0 bridgehead atoms. The fourth-order valence-electron chi connectivity index (χ4n) is 3.22. The molecular formula is C17H24N4O3S. The van der Waals surface area contributed by atoms with Gasteiger partial charge in [0, 0.05) is 24.3 Å². The highest BCUT2D eigenvalue weighted by atomic mass is 32.2. The second kappa shape index (κ2) is 7.53. The Morgan fingerprint density at radius 2 is 1.88 bits per heavy atom. The van der Waals surface area contributed by atoms with E-state index in [0.29, 0.717) is 11.5 Å². The molecule has 0 spiro atoms. The first-order valence-electron chi connectivity index (χ1n) is 8.62. The number of likely N-dealkylation sites (tertiary alicyclic amines) is 1. The minimum atomic E-state index is -3.48. The van der Waals surface area contributed by atoms with Crippen LogP contribution in [0.3, 0.4) is 0 Å². The van der Waals surface area contributed by atoms with E-state index in [1.54, 1.807) is 24.3 Å². The second-order valence-electron chi connectivity index (χ2n) is 6.56. The lowest BCUT2D eigenvalue weighted by molar-refractivity contribution is -0.117. The molecule has 2 heterocycles. The third-order valence-corrected chi connectivity index (χ3v) is 4.95. The van der Waals surface area contributed by atoms with E-state index in [1.807, 2.05) is 4.90 Å². The van der Waals surface area contributed by atoms with Crippen molar-refractivity contribution in [2.24, 2.45) is 4.40 Å². The molecule has 7 nitrogen and oxygen atoms in total. The van der Waals surface area contributed by atoms with E-state index in [1.165, 1.54) is 0 Å². The van der Waals surface area contributed by atoms with Gasteiger partial charge in [0.15, 0.2) is 0 Å². The zero-order valence-corrected chi connectivity index (χ0v) is 15.2. The van der Waals surface area contributed by atoms with Crippen LogP contribution in [-0.2, 0) is 14.8 Å². The number of benzene rings is 1. The zero-order valence-electron chi connectivity index (χ0n) is 14.4. The molecule has 25 heavy (non-hydrogen) atoms. The number of hydrogen-bond acceptors (Lipinski definition) is 4. The summed E-state index contributed by atoms with van der Waals surface area (Å²) in [6.07, 6.45) is 5.03. The van der Waals surface area contributed by atoms with Gasteiger partial charge < -0.3 is 15.5 Å². The van der Waals surface area contributed by atoms with Crippen LogP contribution >= 0.6 is 0 Å². The van der Waals surface area contributed by atoms with E-state index < -0.39 is 10.0 Å². The summed E-state index contributed by atoms with van der Waals surface area (Å²) in [6.45, 7) is 2.48. The number of carbonyl (C=O) groups excluding carboxylic acids is 1. The van der Waals surface area contributed by atoms with Gasteiger partial charge in [0.2, 0.25) is 5.91 Å². The molecule has 0 saturated carbocycles. The molecule has 0 radical (unpaired) electrons. The van der Waals surface area contributed by atoms with Crippen molar-refractivity contribution in [3.63, 3.8) is 0 Å². The van der Waals surface area contributed by atoms with Gasteiger partial charge in [-0.15, -0.1) is 4.40 Å². The molecule has 1 aromatic rings. The van der Waals surface area contributed by atoms with Crippen molar-refractivity contribution in [3.8, 4) is 0 Å². The van der Waals surface area contributed by atoms with Crippen molar-refractivity contribution in [2.45, 2.75) is 31.7 Å². The molecule has 8 heteroatoms. The predicted octanol–water partition coefficient (Wildman–Crippen LogP) is 1.18. The molecule has 1 atom stereocenters. The van der Waals surface area contributed by atoms with E-state index in [9.17, 15) is 13.2 Å². The van der Waals surface area contributed by atoms with Crippen LogP contribution < -0.4 is 10.6 Å². The Hall–Kier alpha value is -1.93. The number of nitrogens with one attached hydrogen (secondary N) is 2. The van der Waals surface area contributed by atoms with E-state index in [0.717, 1.165) is 57.1 Å². The van der Waals surface area contributed by atoms with Gasteiger partial charge in [-0.05, 0) is 56.5 Å². The normalized spacial score (nSPS) is 21.6. The largest absolute Gasteiger partial charge is 0.355 e. The summed E-state index contributed by atoms with van der Waals surface area (Å²) in [7, 11) is -3.48. The lowest BCUT2D eigenvalue weighted by Gasteiger charge is -2.20. The van der Waals surface area contributed by atoms with Gasteiger partial charge in [-0.1, -0.05) is 0 Å². The van der Waals surface area contributed by atoms with E-state index in [4.69, 9.17) is 0 Å². The summed E-state index contributed by atoms with van der Waals surface area (Å²) >= 11 is 0. The van der Waals surface area contributed by atoms with Crippen molar-refractivity contribution in [1.29, 1.82) is 0 Å². The van der Waals surface area contributed by atoms with E-state index in [2.05, 4.69) is 15.0 Å². The average molecular weight is 364 g/mol. The second-order valence-corrected chi connectivity index (χ2v) is 8.21. The Labute approximate surface area is 148 Å². The number of sulfonamides is 1. The van der Waals surface area contributed by atoms with E-state index in [-0.39, 0.29) is 11.9 Å². The Kier molecular flexibility index (Phi) is 5.39. The van der Waals surface area contributed by atoms with Gasteiger partial charge in [0.25, 0.3) is 10.0 Å². The Morgan fingerprint density at radius 3 is 2.44 bits per heavy atom. The van der Waals surface area contributed by atoms with Crippen molar-refractivity contribution >= 4 is 27.5 Å². The van der Waals surface area contributed by atoms with E-state index >= 15 is 0 Å². The number of amides is 1. The molecule has 2 N–H and O–H groups in total. The smallest absolute Gasteiger partial charge is 0.252 e. The first-order valence-corrected chi connectivity index (χ1v) is 10.5. The number of hydrogen-bond donors (Lipinski definition) is 2. The molecule has 2 fully saturated rings. The number of carbonyl (C=O) groups is 1. The Bertz CT molecular complexity index is 747. The average Bonchev–Trinajstić information content (AvgIpc) is 3.26. The summed E-state index contributed by atoms with van der Waals surface area (Å²) in [5.41, 5.74) is 1.44. The third-order valence-electron chi connectivity index (χ3n) is 4.45. The first kappa shape index (κ1) is 17.9. The molecule has 1 amide bonds. The highest BCUT2D eigenvalue weighted by molar-refractivity contribution is 7.89. The standard InChI is InChI=1S/C17H24N4O3S/c1-25(23,24)20-16(21-11-2-3-12-21)13-6-8-14(9-7-13)19-17(22)15-5-4-10-18-15/h6-9,15,18H,2-5,10-12H2,1H3,(H,19,22)/b20-16-/t15-/m1/s1. The molecular weight excluding hydrogens is 340 g/mol. The van der Waals surface area contributed by atoms with Crippen LogP contribution in [0.25, 0.3) is 0 Å². The maximum Gasteiger partial charge on any atom is 0.252 e. The molecule has 136 valence electrons. The minimum absolute atomic E-state index is 0.0326. The summed E-state index contributed by atoms with van der Waals surface area (Å²) in [4.78, 5) is 14.1. The number of amidine groups is 1. The maximum absolute atomic E-state index is 12.1. The quantitative estimate of drug-likeness (QED) is 0.618. The maximum atomic E-state index is 12.1. The van der Waals surface area contributed by atoms with Crippen LogP contribution in [0.5, 0.6) is 0 Å². The summed E-state index contributed by atoms with van der Waals surface area (Å²) in [5.74, 6) is 0.449. The van der Waals surface area contributed by atoms with Crippen molar-refractivity contribution in [3.05, 3.63) is 29.8 Å². The lowest BCUT2D eigenvalue weighted by Crippen LogP contribution is -2.35. The zero-order chi connectivity index (χ0) is 17.9. The molecule has 1 aromatic carbocycles. The molecule has 0 unspecified atom stereocenters. The van der Waals surface area contributed by atoms with Gasteiger partial charge in [-0.3, -0.25) is 4.79 Å². The molecule has 3 rings (SSSR count). The molecule has 0 aromatic heterocycles. The Balaban J connectivity index is 1.76. The SMILES string of the molecule is CS(=O)(=O)/N=C(/c1ccc(NC(=O)[C@H]2CCCN2)cc1)N1CCCC1. The van der Waals surface area contributed by atoms with Crippen molar-refractivity contribution < 1.29 is 13.2 Å². The highest BCUT2D eigenvalue weighted by Gasteiger charge is 2.22. The summed E-state index contributed by atoms with van der Waals surface area (Å²) < 4.78 is 27.2. The van der Waals surface area contributed by atoms with Gasteiger partial charge in [-0.2, -0.15) is 0 Å². The first-order chi connectivity index (χ1) is 11.9. The highest BCUT2D eigenvalue weighted by Crippen LogP contribution is 2.18. The number of anilines is 1. The van der Waals surface area contributed by atoms with Crippen molar-refractivity contribution in [2.75, 3.05) is 31.2 Å². The number of nitrogens with zero attached hydrogens (tertiary/aromatic N) is 2. The van der Waals surface area contributed by atoms with Crippen LogP contribution in [0.15, 0.2) is 28.7 Å². The minimum Gasteiger partial charge on any atom is -0.355 e. The topological polar surface area (TPSA) is 90.9 Å². The van der Waals surface area contributed by atoms with Crippen LogP contribution in [0, 0.1) is 0 Å². The predicted molar refractivity (Wildman–Crippen MR) is 98.3 cm³/mol. The Morgan fingerprint density at radius 1 is 1.20 bits per heavy atom. The van der Waals surface area contributed by atoms with Crippen LogP contribution in [0.4, 0.5) is 5.69 Å². The van der Waals surface area contributed by atoms with Crippen molar-refractivity contribution in [1.82, 2.24) is 10.2 Å². The van der Waals surface area contributed by atoms with Crippen LogP contribution in [0.2, 0.25) is 0 Å². The molecule has 2 aliphatic heterocycles. The van der Waals surface area contributed by atoms with Gasteiger partial charge in [0.05, 0.1) is 12.3 Å². The van der Waals surface area contributed by atoms with Gasteiger partial charge >= 0.3 is 0 Å². The fourth-order valence-corrected chi connectivity index (χ4v) is 3.75. The summed E-state index contributed by atoms with van der Waals surface area (Å²) in [5, 5.41) is 6.06. The third kappa shape index (κ3) is 4.79. The van der Waals surface area contributed by atoms with Crippen LogP contribution in [-0.4, -0.2) is 57.0 Å². The fraction of sp³-hybridized carbons (Fsp3) is 0.529. The summed E-state index contributed by atoms with van der Waals surface area (Å²) in [6, 6.07) is 7.05. The molecule has 2 aliphatic rings. The molecule has 2 saturated heterocycles. The lowest BCUT2D eigenvalue weighted by atomic mass is 10.1. The van der Waals surface area contributed by atoms with Crippen LogP contribution in [0.1, 0.15) is 31.2 Å². The van der Waals surface area contributed by atoms with Gasteiger partial charge in [0.1, 0.15) is 5.84 Å². The molecule has 0 aliphatic carbocycles.